The molecule has 7 nitrogen and oxygen atoms in total. The molecule has 0 unspecified atom stereocenters. The van der Waals surface area contributed by atoms with Crippen molar-refractivity contribution in [1.29, 1.82) is 0 Å². The van der Waals surface area contributed by atoms with Crippen LogP contribution in [0, 0.1) is 0 Å². The van der Waals surface area contributed by atoms with Gasteiger partial charge >= 0.3 is 0 Å². The van der Waals surface area contributed by atoms with Crippen LogP contribution >= 0.6 is 0 Å². The molecule has 0 bridgehead atoms. The van der Waals surface area contributed by atoms with Gasteiger partial charge in [-0.3, -0.25) is 9.89 Å². The SMILES string of the molecule is O=C(Cn1cnc2ccccc21)NCCCc1ncn[nH]1. The monoisotopic (exact) mass is 284 g/mol. The number of aryl methyl sites for hydroxylation is 1. The van der Waals surface area contributed by atoms with Crippen LogP contribution in [0.2, 0.25) is 0 Å². The molecule has 7 heteroatoms. The minimum atomic E-state index is -0.0178. The number of hydrogen-bond acceptors (Lipinski definition) is 4. The van der Waals surface area contributed by atoms with Crippen LogP contribution in [0.3, 0.4) is 0 Å². The highest BCUT2D eigenvalue weighted by Crippen LogP contribution is 2.11. The lowest BCUT2D eigenvalue weighted by Gasteiger charge is -2.06. The molecule has 2 aromatic heterocycles. The third-order valence-electron chi connectivity index (χ3n) is 3.22. The second-order valence-corrected chi connectivity index (χ2v) is 4.75. The standard InChI is InChI=1S/C14H16N6O/c21-14(15-7-3-6-13-16-9-18-19-13)8-20-10-17-11-4-1-2-5-12(11)20/h1-2,4-5,9-10H,3,6-8H2,(H,15,21)(H,16,18,19). The smallest absolute Gasteiger partial charge is 0.239 e. The normalized spacial score (nSPS) is 10.9. The number of carbonyl (C=O) groups excluding carboxylic acids is 1. The lowest BCUT2D eigenvalue weighted by atomic mass is 10.3. The third-order valence-corrected chi connectivity index (χ3v) is 3.22. The summed E-state index contributed by atoms with van der Waals surface area (Å²) in [6, 6.07) is 7.76. The van der Waals surface area contributed by atoms with Crippen LogP contribution in [0.4, 0.5) is 0 Å². The van der Waals surface area contributed by atoms with Crippen LogP contribution < -0.4 is 5.32 Å². The molecule has 108 valence electrons. The first kappa shape index (κ1) is 13.3. The fourth-order valence-electron chi connectivity index (χ4n) is 2.18. The summed E-state index contributed by atoms with van der Waals surface area (Å²) in [6.07, 6.45) is 4.77. The summed E-state index contributed by atoms with van der Waals surface area (Å²) < 4.78 is 1.85. The fraction of sp³-hybridized carbons (Fsp3) is 0.286. The summed E-state index contributed by atoms with van der Waals surface area (Å²) in [7, 11) is 0. The number of benzene rings is 1. The average Bonchev–Trinajstić information content (AvgIpc) is 3.14. The zero-order chi connectivity index (χ0) is 14.5. The number of aromatic nitrogens is 5. The second-order valence-electron chi connectivity index (χ2n) is 4.75. The van der Waals surface area contributed by atoms with Crippen molar-refractivity contribution in [2.45, 2.75) is 19.4 Å². The van der Waals surface area contributed by atoms with E-state index in [4.69, 9.17) is 0 Å². The Morgan fingerprint density at radius 2 is 2.19 bits per heavy atom. The largest absolute Gasteiger partial charge is 0.355 e. The highest BCUT2D eigenvalue weighted by molar-refractivity contribution is 5.80. The Morgan fingerprint density at radius 3 is 3.05 bits per heavy atom. The molecule has 0 aliphatic carbocycles. The zero-order valence-electron chi connectivity index (χ0n) is 11.5. The number of aromatic amines is 1. The molecule has 0 atom stereocenters. The second kappa shape index (κ2) is 6.17. The van der Waals surface area contributed by atoms with Crippen LogP contribution in [0.5, 0.6) is 0 Å². The molecule has 0 radical (unpaired) electrons. The van der Waals surface area contributed by atoms with Gasteiger partial charge in [-0.2, -0.15) is 5.10 Å². The average molecular weight is 284 g/mol. The van der Waals surface area contributed by atoms with E-state index in [-0.39, 0.29) is 12.5 Å². The first-order valence-corrected chi connectivity index (χ1v) is 6.84. The number of hydrogen-bond donors (Lipinski definition) is 2. The van der Waals surface area contributed by atoms with Crippen molar-refractivity contribution in [3.63, 3.8) is 0 Å². The molecule has 2 N–H and O–H groups in total. The quantitative estimate of drug-likeness (QED) is 0.658. The molecule has 21 heavy (non-hydrogen) atoms. The van der Waals surface area contributed by atoms with E-state index in [0.29, 0.717) is 6.54 Å². The molecule has 0 aliphatic heterocycles. The number of nitrogens with one attached hydrogen (secondary N) is 2. The summed E-state index contributed by atoms with van der Waals surface area (Å²) >= 11 is 0. The minimum Gasteiger partial charge on any atom is -0.355 e. The molecule has 0 saturated heterocycles. The number of H-pyrrole nitrogens is 1. The molecular formula is C14H16N6O. The molecule has 3 rings (SSSR count). The molecule has 1 amide bonds. The maximum absolute atomic E-state index is 11.9. The van der Waals surface area contributed by atoms with Gasteiger partial charge in [0.25, 0.3) is 0 Å². The van der Waals surface area contributed by atoms with Gasteiger partial charge in [0.1, 0.15) is 18.7 Å². The van der Waals surface area contributed by atoms with E-state index in [2.05, 4.69) is 25.5 Å². The molecule has 3 aromatic rings. The first-order chi connectivity index (χ1) is 10.3. The third kappa shape index (κ3) is 3.25. The maximum Gasteiger partial charge on any atom is 0.239 e. The Hall–Kier alpha value is -2.70. The van der Waals surface area contributed by atoms with Crippen LogP contribution in [-0.2, 0) is 17.8 Å². The van der Waals surface area contributed by atoms with E-state index in [1.54, 1.807) is 6.33 Å². The van der Waals surface area contributed by atoms with Gasteiger partial charge in [-0.1, -0.05) is 12.1 Å². The molecule has 0 spiro atoms. The van der Waals surface area contributed by atoms with E-state index in [1.165, 1.54) is 6.33 Å². The highest BCUT2D eigenvalue weighted by Gasteiger charge is 2.06. The van der Waals surface area contributed by atoms with Gasteiger partial charge in [0.15, 0.2) is 0 Å². The maximum atomic E-state index is 11.9. The van der Waals surface area contributed by atoms with E-state index >= 15 is 0 Å². The van der Waals surface area contributed by atoms with E-state index in [0.717, 1.165) is 29.7 Å². The molecular weight excluding hydrogens is 268 g/mol. The summed E-state index contributed by atoms with van der Waals surface area (Å²) in [6.45, 7) is 0.898. The number of para-hydroxylation sites is 2. The van der Waals surface area contributed by atoms with Crippen LogP contribution in [0.25, 0.3) is 11.0 Å². The number of fused-ring (bicyclic) bond motifs is 1. The Labute approximate surface area is 121 Å². The lowest BCUT2D eigenvalue weighted by molar-refractivity contribution is -0.121. The zero-order valence-corrected chi connectivity index (χ0v) is 11.5. The van der Waals surface area contributed by atoms with Gasteiger partial charge in [-0.15, -0.1) is 0 Å². The number of amides is 1. The van der Waals surface area contributed by atoms with Crippen molar-refractivity contribution in [2.75, 3.05) is 6.54 Å². The molecule has 0 aliphatic rings. The van der Waals surface area contributed by atoms with Gasteiger partial charge in [0, 0.05) is 13.0 Å². The van der Waals surface area contributed by atoms with Crippen molar-refractivity contribution in [1.82, 2.24) is 30.0 Å². The summed E-state index contributed by atoms with van der Waals surface area (Å²) in [5, 5.41) is 9.48. The van der Waals surface area contributed by atoms with Crippen molar-refractivity contribution in [2.24, 2.45) is 0 Å². The van der Waals surface area contributed by atoms with Crippen LogP contribution in [-0.4, -0.2) is 37.2 Å². The fourth-order valence-corrected chi connectivity index (χ4v) is 2.18. The lowest BCUT2D eigenvalue weighted by Crippen LogP contribution is -2.28. The van der Waals surface area contributed by atoms with Gasteiger partial charge in [0.2, 0.25) is 5.91 Å². The van der Waals surface area contributed by atoms with Crippen LogP contribution in [0.1, 0.15) is 12.2 Å². The van der Waals surface area contributed by atoms with Crippen molar-refractivity contribution in [3.05, 3.63) is 42.7 Å². The first-order valence-electron chi connectivity index (χ1n) is 6.84. The number of carbonyl (C=O) groups is 1. The topological polar surface area (TPSA) is 88.5 Å². The van der Waals surface area contributed by atoms with E-state index in [1.807, 2.05) is 28.8 Å². The Bertz CT molecular complexity index is 718. The number of imidazole rings is 1. The molecule has 0 saturated carbocycles. The van der Waals surface area contributed by atoms with Gasteiger partial charge in [-0.25, -0.2) is 9.97 Å². The Balaban J connectivity index is 1.48. The predicted octanol–water partition coefficient (Wildman–Crippen LogP) is 0.903. The van der Waals surface area contributed by atoms with Gasteiger partial charge in [0.05, 0.1) is 17.4 Å². The summed E-state index contributed by atoms with van der Waals surface area (Å²) in [4.78, 5) is 20.2. The number of nitrogens with zero attached hydrogens (tertiary/aromatic N) is 4. The molecule has 2 heterocycles. The Morgan fingerprint density at radius 1 is 1.29 bits per heavy atom. The van der Waals surface area contributed by atoms with E-state index in [9.17, 15) is 4.79 Å². The minimum absolute atomic E-state index is 0.0178. The van der Waals surface area contributed by atoms with E-state index < -0.39 is 0 Å². The Kier molecular flexibility index (Phi) is 3.90. The summed E-state index contributed by atoms with van der Waals surface area (Å²) in [5.74, 6) is 0.820. The molecule has 1 aromatic carbocycles. The predicted molar refractivity (Wildman–Crippen MR) is 77.4 cm³/mol. The highest BCUT2D eigenvalue weighted by atomic mass is 16.1. The van der Waals surface area contributed by atoms with Crippen LogP contribution in [0.15, 0.2) is 36.9 Å². The van der Waals surface area contributed by atoms with Crippen molar-refractivity contribution >= 4 is 16.9 Å². The van der Waals surface area contributed by atoms with Gasteiger partial charge in [-0.05, 0) is 18.6 Å². The van der Waals surface area contributed by atoms with Crippen molar-refractivity contribution in [3.8, 4) is 0 Å². The molecule has 0 fully saturated rings. The van der Waals surface area contributed by atoms with Crippen molar-refractivity contribution < 1.29 is 4.79 Å². The number of rotatable bonds is 6. The van der Waals surface area contributed by atoms with Gasteiger partial charge < -0.3 is 9.88 Å². The summed E-state index contributed by atoms with van der Waals surface area (Å²) in [5.41, 5.74) is 1.87.